The highest BCUT2D eigenvalue weighted by molar-refractivity contribution is 7.90. The molecule has 1 aromatic heterocycles. The molecule has 0 saturated carbocycles. The van der Waals surface area contributed by atoms with Crippen molar-refractivity contribution in [2.75, 3.05) is 31.4 Å². The summed E-state index contributed by atoms with van der Waals surface area (Å²) in [7, 11) is -2.10. The molecule has 0 radical (unpaired) electrons. The number of hydrogen-bond donors (Lipinski definition) is 0. The Morgan fingerprint density at radius 2 is 2.16 bits per heavy atom. The summed E-state index contributed by atoms with van der Waals surface area (Å²) in [6.45, 7) is 2.44. The zero-order chi connectivity index (χ0) is 14.5. The molecule has 106 valence electrons. The molecule has 0 atom stereocenters. The molecule has 0 unspecified atom stereocenters. The highest BCUT2D eigenvalue weighted by atomic mass is 32.2. The Morgan fingerprint density at radius 3 is 2.68 bits per heavy atom. The molecule has 0 N–H and O–H groups in total. The Bertz CT molecular complexity index is 542. The minimum absolute atomic E-state index is 0.0239. The zero-order valence-electron chi connectivity index (χ0n) is 11.3. The standard InChI is InChI=1S/C12H18N2O4S/c1-4-8-14(9-11(15)18-2)12-10(19(3,16)17)6-5-7-13-12/h5-7H,4,8-9H2,1-3H3. The largest absolute Gasteiger partial charge is 0.468 e. The summed E-state index contributed by atoms with van der Waals surface area (Å²) < 4.78 is 28.1. The molecule has 0 aliphatic heterocycles. The van der Waals surface area contributed by atoms with Crippen LogP contribution in [0.2, 0.25) is 0 Å². The van der Waals surface area contributed by atoms with Gasteiger partial charge in [0.15, 0.2) is 9.84 Å². The molecule has 0 amide bonds. The molecule has 0 spiro atoms. The van der Waals surface area contributed by atoms with E-state index in [1.54, 1.807) is 11.0 Å². The number of hydrogen-bond acceptors (Lipinski definition) is 6. The number of sulfone groups is 1. The van der Waals surface area contributed by atoms with Gasteiger partial charge in [0.05, 0.1) is 7.11 Å². The van der Waals surface area contributed by atoms with Crippen LogP contribution in [0.3, 0.4) is 0 Å². The van der Waals surface area contributed by atoms with E-state index in [0.717, 1.165) is 12.7 Å². The third kappa shape index (κ3) is 4.20. The van der Waals surface area contributed by atoms with E-state index in [1.807, 2.05) is 6.92 Å². The second kappa shape index (κ2) is 6.51. The van der Waals surface area contributed by atoms with Crippen molar-refractivity contribution in [3.63, 3.8) is 0 Å². The molecule has 1 aromatic rings. The van der Waals surface area contributed by atoms with Crippen molar-refractivity contribution in [3.05, 3.63) is 18.3 Å². The second-order valence-corrected chi connectivity index (χ2v) is 6.08. The summed E-state index contributed by atoms with van der Waals surface area (Å²) in [5.74, 6) is -0.143. The van der Waals surface area contributed by atoms with E-state index in [-0.39, 0.29) is 17.3 Å². The fourth-order valence-corrected chi connectivity index (χ4v) is 2.50. The van der Waals surface area contributed by atoms with Crippen LogP contribution in [0.1, 0.15) is 13.3 Å². The van der Waals surface area contributed by atoms with Crippen LogP contribution >= 0.6 is 0 Å². The minimum Gasteiger partial charge on any atom is -0.468 e. The number of pyridine rings is 1. The first-order valence-corrected chi connectivity index (χ1v) is 7.76. The maximum atomic E-state index is 11.7. The van der Waals surface area contributed by atoms with Gasteiger partial charge in [-0.1, -0.05) is 6.92 Å². The fourth-order valence-electron chi connectivity index (χ4n) is 1.66. The zero-order valence-corrected chi connectivity index (χ0v) is 12.1. The van der Waals surface area contributed by atoms with Gasteiger partial charge in [-0.2, -0.15) is 0 Å². The van der Waals surface area contributed by atoms with Gasteiger partial charge in [-0.15, -0.1) is 0 Å². The van der Waals surface area contributed by atoms with Crippen LogP contribution in [-0.4, -0.2) is 45.8 Å². The number of aromatic nitrogens is 1. The summed E-state index contributed by atoms with van der Waals surface area (Å²) >= 11 is 0. The number of rotatable bonds is 6. The SMILES string of the molecule is CCCN(CC(=O)OC)c1ncccc1S(C)(=O)=O. The summed E-state index contributed by atoms with van der Waals surface area (Å²) in [6, 6.07) is 3.04. The van der Waals surface area contributed by atoms with E-state index < -0.39 is 15.8 Å². The van der Waals surface area contributed by atoms with Gasteiger partial charge in [0.25, 0.3) is 0 Å². The highest BCUT2D eigenvalue weighted by Gasteiger charge is 2.20. The molecule has 0 aliphatic rings. The van der Waals surface area contributed by atoms with Crippen LogP contribution in [0.25, 0.3) is 0 Å². The number of anilines is 1. The van der Waals surface area contributed by atoms with Gasteiger partial charge in [-0.3, -0.25) is 4.79 Å². The number of esters is 1. The number of ether oxygens (including phenoxy) is 1. The van der Waals surface area contributed by atoms with E-state index in [2.05, 4.69) is 9.72 Å². The number of methoxy groups -OCH3 is 1. The molecular formula is C12H18N2O4S. The third-order valence-corrected chi connectivity index (χ3v) is 3.61. The Balaban J connectivity index is 3.19. The van der Waals surface area contributed by atoms with Crippen molar-refractivity contribution in [3.8, 4) is 0 Å². The maximum absolute atomic E-state index is 11.7. The van der Waals surface area contributed by atoms with Crippen LogP contribution in [0.4, 0.5) is 5.82 Å². The average molecular weight is 286 g/mol. The van der Waals surface area contributed by atoms with Crippen molar-refractivity contribution in [2.45, 2.75) is 18.2 Å². The third-order valence-electron chi connectivity index (χ3n) is 2.49. The number of nitrogens with zero attached hydrogens (tertiary/aromatic N) is 2. The lowest BCUT2D eigenvalue weighted by molar-refractivity contribution is -0.138. The second-order valence-electron chi connectivity index (χ2n) is 4.09. The van der Waals surface area contributed by atoms with Gasteiger partial charge in [-0.05, 0) is 18.6 Å². The number of carbonyl (C=O) groups is 1. The summed E-state index contributed by atoms with van der Waals surface area (Å²) in [6.07, 6.45) is 3.39. The highest BCUT2D eigenvalue weighted by Crippen LogP contribution is 2.22. The lowest BCUT2D eigenvalue weighted by atomic mass is 10.3. The first-order chi connectivity index (χ1) is 8.90. The van der Waals surface area contributed by atoms with Crippen LogP contribution < -0.4 is 4.90 Å². The normalized spacial score (nSPS) is 11.1. The van der Waals surface area contributed by atoms with Crippen LogP contribution in [0, 0.1) is 0 Å². The Morgan fingerprint density at radius 1 is 1.47 bits per heavy atom. The summed E-state index contributed by atoms with van der Waals surface area (Å²) in [5.41, 5.74) is 0. The van der Waals surface area contributed by atoms with Gasteiger partial charge >= 0.3 is 5.97 Å². The fraction of sp³-hybridized carbons (Fsp3) is 0.500. The molecule has 6 nitrogen and oxygen atoms in total. The molecule has 7 heteroatoms. The van der Waals surface area contributed by atoms with Gasteiger partial charge in [0, 0.05) is 19.0 Å². The van der Waals surface area contributed by atoms with Gasteiger partial charge < -0.3 is 9.64 Å². The van der Waals surface area contributed by atoms with E-state index in [9.17, 15) is 13.2 Å². The predicted octanol–water partition coefficient (Wildman–Crippen LogP) is 0.874. The van der Waals surface area contributed by atoms with E-state index in [0.29, 0.717) is 6.54 Å². The topological polar surface area (TPSA) is 76.6 Å². The molecule has 0 fully saturated rings. The molecule has 19 heavy (non-hydrogen) atoms. The smallest absolute Gasteiger partial charge is 0.325 e. The summed E-state index contributed by atoms with van der Waals surface area (Å²) in [4.78, 5) is 17.2. The Kier molecular flexibility index (Phi) is 5.29. The first kappa shape index (κ1) is 15.4. The average Bonchev–Trinajstić information content (AvgIpc) is 2.37. The molecule has 0 bridgehead atoms. The van der Waals surface area contributed by atoms with Crippen molar-refractivity contribution < 1.29 is 17.9 Å². The van der Waals surface area contributed by atoms with Gasteiger partial charge in [-0.25, -0.2) is 13.4 Å². The molecule has 0 aromatic carbocycles. The maximum Gasteiger partial charge on any atom is 0.325 e. The summed E-state index contributed by atoms with van der Waals surface area (Å²) in [5, 5.41) is 0. The molecule has 1 heterocycles. The molecule has 0 aliphatic carbocycles. The lowest BCUT2D eigenvalue weighted by Gasteiger charge is -2.23. The van der Waals surface area contributed by atoms with E-state index in [1.165, 1.54) is 19.4 Å². The van der Waals surface area contributed by atoms with Crippen LogP contribution in [-0.2, 0) is 19.4 Å². The van der Waals surface area contributed by atoms with Crippen molar-refractivity contribution >= 4 is 21.6 Å². The molecule has 1 rings (SSSR count). The predicted molar refractivity (Wildman–Crippen MR) is 71.9 cm³/mol. The van der Waals surface area contributed by atoms with Crippen molar-refractivity contribution in [2.24, 2.45) is 0 Å². The Labute approximate surface area is 113 Å². The number of carbonyl (C=O) groups excluding carboxylic acids is 1. The van der Waals surface area contributed by atoms with E-state index in [4.69, 9.17) is 0 Å². The van der Waals surface area contributed by atoms with Crippen LogP contribution in [0.15, 0.2) is 23.2 Å². The quantitative estimate of drug-likeness (QED) is 0.722. The van der Waals surface area contributed by atoms with Crippen molar-refractivity contribution in [1.82, 2.24) is 4.98 Å². The Hall–Kier alpha value is -1.63. The monoisotopic (exact) mass is 286 g/mol. The first-order valence-electron chi connectivity index (χ1n) is 5.87. The van der Waals surface area contributed by atoms with Gasteiger partial charge in [0.1, 0.15) is 17.3 Å². The van der Waals surface area contributed by atoms with E-state index >= 15 is 0 Å². The minimum atomic E-state index is -3.40. The molecule has 0 saturated heterocycles. The van der Waals surface area contributed by atoms with Crippen LogP contribution in [0.5, 0.6) is 0 Å². The lowest BCUT2D eigenvalue weighted by Crippen LogP contribution is -2.33. The van der Waals surface area contributed by atoms with Gasteiger partial charge in [0.2, 0.25) is 0 Å². The molecular weight excluding hydrogens is 268 g/mol. The van der Waals surface area contributed by atoms with Crippen molar-refractivity contribution in [1.29, 1.82) is 0 Å².